The van der Waals surface area contributed by atoms with E-state index in [4.69, 9.17) is 0 Å². The number of allylic oxidation sites excluding steroid dienone is 4. The summed E-state index contributed by atoms with van der Waals surface area (Å²) in [4.78, 5) is 3.37. The van der Waals surface area contributed by atoms with E-state index < -0.39 is 0 Å². The SMILES string of the molecule is CCCC/C=C1\CC2CCCCCC/C=C\2S1. The molecule has 1 atom stereocenters. The Kier molecular flexibility index (Phi) is 5.70. The van der Waals surface area contributed by atoms with E-state index in [1.54, 1.807) is 9.81 Å². The molecule has 0 radical (unpaired) electrons. The Hall–Kier alpha value is -0.170. The van der Waals surface area contributed by atoms with E-state index in [0.29, 0.717) is 0 Å². The zero-order valence-electron chi connectivity index (χ0n) is 11.2. The number of rotatable bonds is 3. The molecule has 1 saturated heterocycles. The molecular formula is C16H26S. The molecule has 0 aromatic carbocycles. The molecule has 0 spiro atoms. The fraction of sp³-hybridized carbons (Fsp3) is 0.750. The fourth-order valence-corrected chi connectivity index (χ4v) is 4.16. The minimum Gasteiger partial charge on any atom is -0.0993 e. The Labute approximate surface area is 111 Å². The molecular weight excluding hydrogens is 224 g/mol. The van der Waals surface area contributed by atoms with Gasteiger partial charge in [-0.05, 0) is 47.8 Å². The molecule has 0 saturated carbocycles. The first-order valence-electron chi connectivity index (χ1n) is 7.47. The summed E-state index contributed by atoms with van der Waals surface area (Å²) < 4.78 is 0. The van der Waals surface area contributed by atoms with Crippen LogP contribution in [0, 0.1) is 5.92 Å². The molecule has 2 rings (SSSR count). The lowest BCUT2D eigenvalue weighted by atomic mass is 9.97. The van der Waals surface area contributed by atoms with Crippen LogP contribution in [-0.4, -0.2) is 0 Å². The van der Waals surface area contributed by atoms with Gasteiger partial charge in [0.05, 0.1) is 0 Å². The summed E-state index contributed by atoms with van der Waals surface area (Å²) in [6.45, 7) is 2.28. The Morgan fingerprint density at radius 2 is 2.18 bits per heavy atom. The predicted molar refractivity (Wildman–Crippen MR) is 79.1 cm³/mol. The van der Waals surface area contributed by atoms with Crippen LogP contribution in [0.4, 0.5) is 0 Å². The molecule has 1 heterocycles. The maximum absolute atomic E-state index is 2.54. The fourth-order valence-electron chi connectivity index (χ4n) is 2.80. The summed E-state index contributed by atoms with van der Waals surface area (Å²) in [7, 11) is 0. The number of hydrogen-bond donors (Lipinski definition) is 0. The number of thioether (sulfide) groups is 1. The largest absolute Gasteiger partial charge is 0.0993 e. The first kappa shape index (κ1) is 13.3. The van der Waals surface area contributed by atoms with Crippen LogP contribution in [0.15, 0.2) is 22.0 Å². The van der Waals surface area contributed by atoms with Crippen molar-refractivity contribution in [3.63, 3.8) is 0 Å². The van der Waals surface area contributed by atoms with Crippen molar-refractivity contribution in [3.05, 3.63) is 22.0 Å². The van der Waals surface area contributed by atoms with Gasteiger partial charge in [0.15, 0.2) is 0 Å². The summed E-state index contributed by atoms with van der Waals surface area (Å²) in [6.07, 6.45) is 18.9. The van der Waals surface area contributed by atoms with Crippen LogP contribution in [-0.2, 0) is 0 Å². The number of hydrogen-bond acceptors (Lipinski definition) is 1. The summed E-state index contributed by atoms with van der Waals surface area (Å²) in [5, 5.41) is 0. The van der Waals surface area contributed by atoms with Gasteiger partial charge in [0.2, 0.25) is 0 Å². The van der Waals surface area contributed by atoms with E-state index in [2.05, 4.69) is 30.8 Å². The van der Waals surface area contributed by atoms with Gasteiger partial charge in [0.1, 0.15) is 0 Å². The highest BCUT2D eigenvalue weighted by atomic mass is 32.2. The van der Waals surface area contributed by atoms with Gasteiger partial charge in [0.25, 0.3) is 0 Å². The average Bonchev–Trinajstić information content (AvgIpc) is 2.73. The molecule has 1 aliphatic heterocycles. The van der Waals surface area contributed by atoms with Crippen molar-refractivity contribution in [1.29, 1.82) is 0 Å². The second-order valence-electron chi connectivity index (χ2n) is 5.41. The van der Waals surface area contributed by atoms with Gasteiger partial charge in [-0.1, -0.05) is 62.9 Å². The first-order chi connectivity index (χ1) is 8.40. The number of unbranched alkanes of at least 4 members (excludes halogenated alkanes) is 2. The highest BCUT2D eigenvalue weighted by Gasteiger charge is 2.25. The van der Waals surface area contributed by atoms with Crippen molar-refractivity contribution in [1.82, 2.24) is 0 Å². The van der Waals surface area contributed by atoms with Gasteiger partial charge in [-0.2, -0.15) is 0 Å². The Morgan fingerprint density at radius 3 is 3.06 bits per heavy atom. The van der Waals surface area contributed by atoms with Gasteiger partial charge in [-0.15, -0.1) is 0 Å². The van der Waals surface area contributed by atoms with Crippen molar-refractivity contribution in [2.45, 2.75) is 71.1 Å². The van der Waals surface area contributed by atoms with Crippen molar-refractivity contribution in [3.8, 4) is 0 Å². The minimum absolute atomic E-state index is 0.881. The highest BCUT2D eigenvalue weighted by molar-refractivity contribution is 8.07. The van der Waals surface area contributed by atoms with Crippen molar-refractivity contribution in [2.75, 3.05) is 0 Å². The molecule has 17 heavy (non-hydrogen) atoms. The summed E-state index contributed by atoms with van der Waals surface area (Å²) in [5.74, 6) is 0.881. The highest BCUT2D eigenvalue weighted by Crippen LogP contribution is 2.47. The Bertz CT molecular complexity index is 288. The first-order valence-corrected chi connectivity index (χ1v) is 8.28. The van der Waals surface area contributed by atoms with Crippen LogP contribution in [0.1, 0.15) is 71.1 Å². The van der Waals surface area contributed by atoms with Crippen molar-refractivity contribution < 1.29 is 0 Å². The summed E-state index contributed by atoms with van der Waals surface area (Å²) in [6, 6.07) is 0. The van der Waals surface area contributed by atoms with Crippen LogP contribution in [0.2, 0.25) is 0 Å². The number of fused-ring (bicyclic) bond motifs is 1. The molecule has 0 aromatic rings. The molecule has 1 heteroatoms. The van der Waals surface area contributed by atoms with E-state index in [1.165, 1.54) is 64.2 Å². The maximum Gasteiger partial charge on any atom is -0.00562 e. The van der Waals surface area contributed by atoms with Crippen molar-refractivity contribution >= 4 is 11.8 Å². The van der Waals surface area contributed by atoms with Crippen LogP contribution < -0.4 is 0 Å². The van der Waals surface area contributed by atoms with Crippen molar-refractivity contribution in [2.24, 2.45) is 5.92 Å². The van der Waals surface area contributed by atoms with Gasteiger partial charge in [-0.25, -0.2) is 0 Å². The normalized spacial score (nSPS) is 31.2. The summed E-state index contributed by atoms with van der Waals surface area (Å²) in [5.41, 5.74) is 0. The third kappa shape index (κ3) is 4.21. The van der Waals surface area contributed by atoms with Gasteiger partial charge in [-0.3, -0.25) is 0 Å². The molecule has 1 aliphatic carbocycles. The molecule has 2 aliphatic rings. The van der Waals surface area contributed by atoms with E-state index in [1.807, 2.05) is 0 Å². The zero-order valence-corrected chi connectivity index (χ0v) is 12.0. The second kappa shape index (κ2) is 7.31. The quantitative estimate of drug-likeness (QED) is 0.549. The third-order valence-electron chi connectivity index (χ3n) is 3.88. The van der Waals surface area contributed by atoms with E-state index >= 15 is 0 Å². The molecule has 0 aromatic heterocycles. The second-order valence-corrected chi connectivity index (χ2v) is 6.61. The maximum atomic E-state index is 2.54. The third-order valence-corrected chi connectivity index (χ3v) is 5.21. The molecule has 1 fully saturated rings. The van der Waals surface area contributed by atoms with Gasteiger partial charge >= 0.3 is 0 Å². The molecule has 0 bridgehead atoms. The zero-order chi connectivity index (χ0) is 11.9. The average molecular weight is 250 g/mol. The summed E-state index contributed by atoms with van der Waals surface area (Å²) >= 11 is 2.10. The molecule has 96 valence electrons. The minimum atomic E-state index is 0.881. The Morgan fingerprint density at radius 1 is 1.29 bits per heavy atom. The molecule has 1 unspecified atom stereocenters. The smallest absolute Gasteiger partial charge is 0.00562 e. The topological polar surface area (TPSA) is 0 Å². The standard InChI is InChI=1S/C16H26S/c1-2-3-7-11-15-13-14-10-8-5-4-6-9-12-16(14)17-15/h11-12,14H,2-10,13H2,1H3/b15-11+,16-12+. The lowest BCUT2D eigenvalue weighted by molar-refractivity contribution is 0.538. The van der Waals surface area contributed by atoms with Crippen LogP contribution in [0.3, 0.4) is 0 Å². The van der Waals surface area contributed by atoms with E-state index in [-0.39, 0.29) is 0 Å². The lowest BCUT2D eigenvalue weighted by Gasteiger charge is -2.08. The predicted octanol–water partition coefficient (Wildman–Crippen LogP) is 6.05. The van der Waals surface area contributed by atoms with Gasteiger partial charge < -0.3 is 0 Å². The van der Waals surface area contributed by atoms with Gasteiger partial charge in [0, 0.05) is 0 Å². The molecule has 0 nitrogen and oxygen atoms in total. The van der Waals surface area contributed by atoms with Crippen LogP contribution >= 0.6 is 11.8 Å². The molecule has 0 N–H and O–H groups in total. The van der Waals surface area contributed by atoms with Crippen LogP contribution in [0.25, 0.3) is 0 Å². The van der Waals surface area contributed by atoms with E-state index in [0.717, 1.165) is 5.92 Å². The monoisotopic (exact) mass is 250 g/mol. The van der Waals surface area contributed by atoms with Crippen LogP contribution in [0.5, 0.6) is 0 Å². The Balaban J connectivity index is 1.93. The lowest BCUT2D eigenvalue weighted by Crippen LogP contribution is -1.95. The molecule has 0 amide bonds. The van der Waals surface area contributed by atoms with E-state index in [9.17, 15) is 0 Å².